The molecule has 1 unspecified atom stereocenters. The molecule has 0 aliphatic rings. The molecule has 14 heavy (non-hydrogen) atoms. The Morgan fingerprint density at radius 2 is 2.07 bits per heavy atom. The molecule has 5 heteroatoms. The summed E-state index contributed by atoms with van der Waals surface area (Å²) in [4.78, 5) is 0. The van der Waals surface area contributed by atoms with Crippen molar-refractivity contribution in [3.8, 4) is 0 Å². The first-order chi connectivity index (χ1) is 6.48. The first-order valence-corrected chi connectivity index (χ1v) is 4.73. The molecule has 0 saturated carbocycles. The molecule has 0 radical (unpaired) electrons. The van der Waals surface area contributed by atoms with Gasteiger partial charge < -0.3 is 15.6 Å². The van der Waals surface area contributed by atoms with Gasteiger partial charge in [0.2, 0.25) is 0 Å². The Balaban J connectivity index is 3.21. The van der Waals surface area contributed by atoms with Gasteiger partial charge in [-0.3, -0.25) is 0 Å². The van der Waals surface area contributed by atoms with Crippen molar-refractivity contribution in [2.75, 3.05) is 19.8 Å². The molecule has 0 aromatic heterocycles. The number of aliphatic hydroxyl groups excluding tert-OH is 1. The van der Waals surface area contributed by atoms with Crippen LogP contribution < -0.4 is 5.73 Å². The lowest BCUT2D eigenvalue weighted by Crippen LogP contribution is -2.39. The van der Waals surface area contributed by atoms with E-state index in [9.17, 15) is 8.78 Å². The van der Waals surface area contributed by atoms with Gasteiger partial charge in [0.05, 0.1) is 6.61 Å². The third-order valence-corrected chi connectivity index (χ3v) is 1.89. The molecule has 0 aromatic rings. The minimum Gasteiger partial charge on any atom is -0.394 e. The van der Waals surface area contributed by atoms with Crippen LogP contribution in [0.4, 0.5) is 8.78 Å². The molecule has 0 fully saturated rings. The van der Waals surface area contributed by atoms with Crippen LogP contribution in [0, 0.1) is 0 Å². The van der Waals surface area contributed by atoms with Crippen LogP contribution in [-0.4, -0.2) is 36.9 Å². The average molecular weight is 211 g/mol. The van der Waals surface area contributed by atoms with E-state index in [1.807, 2.05) is 0 Å². The van der Waals surface area contributed by atoms with Gasteiger partial charge in [0, 0.05) is 12.1 Å². The summed E-state index contributed by atoms with van der Waals surface area (Å²) in [5.74, 6) is 0. The minimum atomic E-state index is -2.40. The summed E-state index contributed by atoms with van der Waals surface area (Å²) in [5, 5.41) is 8.81. The lowest BCUT2D eigenvalue weighted by atomic mass is 9.97. The van der Waals surface area contributed by atoms with Crippen LogP contribution in [0.25, 0.3) is 0 Å². The van der Waals surface area contributed by atoms with Gasteiger partial charge in [0.1, 0.15) is 6.61 Å². The predicted molar refractivity (Wildman–Crippen MR) is 50.4 cm³/mol. The normalized spacial score (nSPS) is 15.9. The Morgan fingerprint density at radius 1 is 1.43 bits per heavy atom. The third kappa shape index (κ3) is 8.34. The largest absolute Gasteiger partial charge is 0.394 e. The molecule has 0 bridgehead atoms. The van der Waals surface area contributed by atoms with E-state index in [1.165, 1.54) is 0 Å². The van der Waals surface area contributed by atoms with Crippen molar-refractivity contribution in [1.29, 1.82) is 0 Å². The Morgan fingerprint density at radius 3 is 2.57 bits per heavy atom. The smallest absolute Gasteiger partial charge is 0.261 e. The van der Waals surface area contributed by atoms with Gasteiger partial charge in [-0.25, -0.2) is 8.78 Å². The van der Waals surface area contributed by atoms with Gasteiger partial charge in [-0.2, -0.15) is 0 Å². The van der Waals surface area contributed by atoms with Gasteiger partial charge in [0.25, 0.3) is 6.43 Å². The van der Waals surface area contributed by atoms with Crippen molar-refractivity contribution in [1.82, 2.24) is 0 Å². The van der Waals surface area contributed by atoms with E-state index in [-0.39, 0.29) is 6.61 Å². The highest BCUT2D eigenvalue weighted by molar-refractivity contribution is 4.76. The summed E-state index contributed by atoms with van der Waals surface area (Å²) < 4.78 is 27.9. The van der Waals surface area contributed by atoms with Gasteiger partial charge in [-0.15, -0.1) is 0 Å². The fourth-order valence-electron chi connectivity index (χ4n) is 0.984. The van der Waals surface area contributed by atoms with Crippen molar-refractivity contribution < 1.29 is 18.6 Å². The van der Waals surface area contributed by atoms with Crippen LogP contribution in [0.3, 0.4) is 0 Å². The zero-order valence-corrected chi connectivity index (χ0v) is 8.51. The molecule has 3 nitrogen and oxygen atoms in total. The third-order valence-electron chi connectivity index (χ3n) is 1.89. The monoisotopic (exact) mass is 211 g/mol. The zero-order chi connectivity index (χ0) is 11.0. The topological polar surface area (TPSA) is 55.5 Å². The number of hydrogen-bond acceptors (Lipinski definition) is 3. The molecule has 86 valence electrons. The number of nitrogens with two attached hydrogens (primary N) is 1. The van der Waals surface area contributed by atoms with Gasteiger partial charge in [0.15, 0.2) is 0 Å². The Labute approximate surface area is 83.2 Å². The lowest BCUT2D eigenvalue weighted by Gasteiger charge is -2.21. The summed E-state index contributed by atoms with van der Waals surface area (Å²) in [5.41, 5.74) is 5.10. The first-order valence-electron chi connectivity index (χ1n) is 4.73. The van der Waals surface area contributed by atoms with E-state index >= 15 is 0 Å². The summed E-state index contributed by atoms with van der Waals surface area (Å²) in [7, 11) is 0. The second-order valence-corrected chi connectivity index (χ2v) is 3.74. The van der Waals surface area contributed by atoms with Crippen molar-refractivity contribution in [3.05, 3.63) is 0 Å². The number of rotatable bonds is 8. The van der Waals surface area contributed by atoms with Crippen LogP contribution in [0.5, 0.6) is 0 Å². The Kier molecular flexibility index (Phi) is 6.96. The van der Waals surface area contributed by atoms with E-state index in [4.69, 9.17) is 15.6 Å². The minimum absolute atomic E-state index is 0.0646. The van der Waals surface area contributed by atoms with E-state index in [0.29, 0.717) is 19.4 Å². The quantitative estimate of drug-likeness (QED) is 0.592. The number of hydrogen-bond donors (Lipinski definition) is 2. The number of halogens is 2. The maximum atomic E-state index is 11.6. The van der Waals surface area contributed by atoms with Crippen LogP contribution >= 0.6 is 0 Å². The molecule has 0 aromatic carbocycles. The second-order valence-electron chi connectivity index (χ2n) is 3.74. The molecule has 3 N–H and O–H groups in total. The lowest BCUT2D eigenvalue weighted by molar-refractivity contribution is 0.0157. The predicted octanol–water partition coefficient (Wildman–Crippen LogP) is 1.15. The number of aliphatic hydroxyl groups is 1. The molecule has 0 aliphatic carbocycles. The summed E-state index contributed by atoms with van der Waals surface area (Å²) >= 11 is 0. The van der Waals surface area contributed by atoms with E-state index in [2.05, 4.69) is 0 Å². The average Bonchev–Trinajstić information content (AvgIpc) is 2.10. The fourth-order valence-corrected chi connectivity index (χ4v) is 0.984. The Hall–Kier alpha value is -0.260. The molecule has 0 saturated heterocycles. The zero-order valence-electron chi connectivity index (χ0n) is 8.51. The summed E-state index contributed by atoms with van der Waals surface area (Å²) in [6.45, 7) is 1.52. The molecular weight excluding hydrogens is 192 g/mol. The van der Waals surface area contributed by atoms with Crippen LogP contribution in [0.15, 0.2) is 0 Å². The SMILES string of the molecule is CC(N)(CO)CCCCOCC(F)F. The molecule has 0 aliphatic heterocycles. The molecule has 0 heterocycles. The number of unbranched alkanes of at least 4 members (excludes halogenated alkanes) is 1. The van der Waals surface area contributed by atoms with E-state index in [1.54, 1.807) is 6.92 Å². The van der Waals surface area contributed by atoms with Crippen LogP contribution in [0.1, 0.15) is 26.2 Å². The van der Waals surface area contributed by atoms with Gasteiger partial charge in [-0.05, 0) is 26.2 Å². The van der Waals surface area contributed by atoms with Crippen molar-refractivity contribution in [2.45, 2.75) is 38.2 Å². The Bertz CT molecular complexity index is 143. The molecule has 0 rings (SSSR count). The van der Waals surface area contributed by atoms with Crippen molar-refractivity contribution in [3.63, 3.8) is 0 Å². The maximum absolute atomic E-state index is 11.6. The van der Waals surface area contributed by atoms with Crippen molar-refractivity contribution >= 4 is 0 Å². The molecular formula is C9H19F2NO2. The van der Waals surface area contributed by atoms with Gasteiger partial charge in [-0.1, -0.05) is 0 Å². The molecule has 0 amide bonds. The summed E-state index contributed by atoms with van der Waals surface area (Å²) in [6, 6.07) is 0. The van der Waals surface area contributed by atoms with Crippen LogP contribution in [-0.2, 0) is 4.74 Å². The van der Waals surface area contributed by atoms with Crippen LogP contribution in [0.2, 0.25) is 0 Å². The van der Waals surface area contributed by atoms with Crippen molar-refractivity contribution in [2.24, 2.45) is 5.73 Å². The van der Waals surface area contributed by atoms with E-state index < -0.39 is 18.6 Å². The highest BCUT2D eigenvalue weighted by Crippen LogP contribution is 2.09. The van der Waals surface area contributed by atoms with Gasteiger partial charge >= 0.3 is 0 Å². The highest BCUT2D eigenvalue weighted by Gasteiger charge is 2.15. The molecule has 1 atom stereocenters. The highest BCUT2D eigenvalue weighted by atomic mass is 19.3. The first kappa shape index (κ1) is 13.7. The number of alkyl halides is 2. The molecule has 0 spiro atoms. The standard InChI is InChI=1S/C9H19F2NO2/c1-9(12,7-13)4-2-3-5-14-6-8(10)11/h8,13H,2-7,12H2,1H3. The van der Waals surface area contributed by atoms with E-state index in [0.717, 1.165) is 6.42 Å². The second kappa shape index (κ2) is 7.09. The fraction of sp³-hybridized carbons (Fsp3) is 1.00. The maximum Gasteiger partial charge on any atom is 0.261 e. The number of ether oxygens (including phenoxy) is 1. The summed E-state index contributed by atoms with van der Waals surface area (Å²) in [6.07, 6.45) is -0.259.